The van der Waals surface area contributed by atoms with Crippen LogP contribution in [0.15, 0.2) is 18.3 Å². The van der Waals surface area contributed by atoms with E-state index in [1.165, 1.54) is 25.7 Å². The number of carbonyl (C=O) groups excluding carboxylic acids is 1. The number of aromatic nitrogens is 1. The second-order valence-corrected chi connectivity index (χ2v) is 6.37. The van der Waals surface area contributed by atoms with Crippen molar-refractivity contribution < 1.29 is 4.79 Å². The lowest BCUT2D eigenvalue weighted by molar-refractivity contribution is 0.0743. The molecule has 24 heavy (non-hydrogen) atoms. The van der Waals surface area contributed by atoms with Gasteiger partial charge in [0, 0.05) is 38.9 Å². The molecule has 1 atom stereocenters. The van der Waals surface area contributed by atoms with E-state index in [2.05, 4.69) is 15.2 Å². The lowest BCUT2D eigenvalue weighted by atomic mass is 10.2. The third-order valence-electron chi connectivity index (χ3n) is 4.83. The van der Waals surface area contributed by atoms with E-state index >= 15 is 0 Å². The van der Waals surface area contributed by atoms with Gasteiger partial charge in [-0.3, -0.25) is 4.79 Å². The number of nitrogens with zero attached hydrogens (tertiary/aromatic N) is 3. The van der Waals surface area contributed by atoms with E-state index in [9.17, 15) is 4.79 Å². The highest BCUT2D eigenvalue weighted by Crippen LogP contribution is 2.18. The molecule has 7 heteroatoms. The smallest absolute Gasteiger partial charge is 0.255 e. The van der Waals surface area contributed by atoms with Crippen molar-refractivity contribution in [3.05, 3.63) is 23.9 Å². The van der Waals surface area contributed by atoms with Gasteiger partial charge in [0.15, 0.2) is 0 Å². The zero-order chi connectivity index (χ0) is 15.4. The molecule has 0 aromatic carbocycles. The Bertz CT molecular complexity index is 498. The molecule has 1 aromatic rings. The number of pyridine rings is 1. The van der Waals surface area contributed by atoms with Crippen LogP contribution >= 0.6 is 24.8 Å². The first kappa shape index (κ1) is 21.0. The standard InChI is InChI=1S/C17H26N4O.2ClH/c1-20(15-8-9-18-13-15)17(22)14-6-7-16(19-12-14)21-10-4-2-3-5-11-21;;/h6-7,12,15,18H,2-5,8-11,13H2,1H3;2*1H. The van der Waals surface area contributed by atoms with Gasteiger partial charge < -0.3 is 15.1 Å². The summed E-state index contributed by atoms with van der Waals surface area (Å²) in [4.78, 5) is 21.2. The largest absolute Gasteiger partial charge is 0.357 e. The quantitative estimate of drug-likeness (QED) is 0.883. The summed E-state index contributed by atoms with van der Waals surface area (Å²) in [6.07, 6.45) is 7.86. The summed E-state index contributed by atoms with van der Waals surface area (Å²) in [7, 11) is 1.89. The molecule has 2 aliphatic rings. The van der Waals surface area contributed by atoms with Gasteiger partial charge in [-0.15, -0.1) is 24.8 Å². The zero-order valence-corrected chi connectivity index (χ0v) is 15.9. The number of hydrogen-bond donors (Lipinski definition) is 1. The van der Waals surface area contributed by atoms with Crippen molar-refractivity contribution >= 4 is 36.5 Å². The Balaban J connectivity index is 0.00000144. The normalized spacial score (nSPS) is 20.5. The van der Waals surface area contributed by atoms with E-state index in [4.69, 9.17) is 0 Å². The third kappa shape index (κ3) is 4.98. The summed E-state index contributed by atoms with van der Waals surface area (Å²) >= 11 is 0. The molecule has 0 spiro atoms. The van der Waals surface area contributed by atoms with Gasteiger partial charge in [-0.2, -0.15) is 0 Å². The SMILES string of the molecule is CN(C(=O)c1ccc(N2CCCCCC2)nc1)C1CCNC1.Cl.Cl. The Labute approximate surface area is 157 Å². The van der Waals surface area contributed by atoms with Crippen LogP contribution in [0.3, 0.4) is 0 Å². The summed E-state index contributed by atoms with van der Waals surface area (Å²) in [5.74, 6) is 1.08. The highest BCUT2D eigenvalue weighted by molar-refractivity contribution is 5.94. The molecule has 0 radical (unpaired) electrons. The molecule has 2 fully saturated rings. The van der Waals surface area contributed by atoms with Crippen molar-refractivity contribution in [2.75, 3.05) is 38.1 Å². The van der Waals surface area contributed by atoms with Crippen LogP contribution in [0.1, 0.15) is 42.5 Å². The first-order valence-corrected chi connectivity index (χ1v) is 8.44. The molecule has 3 heterocycles. The van der Waals surface area contributed by atoms with Gasteiger partial charge in [-0.05, 0) is 37.9 Å². The number of likely N-dealkylation sites (N-methyl/N-ethyl adjacent to an activating group) is 1. The number of anilines is 1. The minimum atomic E-state index is 0. The van der Waals surface area contributed by atoms with Gasteiger partial charge in [0.1, 0.15) is 5.82 Å². The Morgan fingerprint density at radius 1 is 1.21 bits per heavy atom. The average molecular weight is 375 g/mol. The van der Waals surface area contributed by atoms with Crippen LogP contribution in [0, 0.1) is 0 Å². The average Bonchev–Trinajstić information content (AvgIpc) is 2.96. The van der Waals surface area contributed by atoms with Crippen LogP contribution in [0.2, 0.25) is 0 Å². The van der Waals surface area contributed by atoms with E-state index < -0.39 is 0 Å². The Morgan fingerprint density at radius 3 is 2.46 bits per heavy atom. The molecule has 136 valence electrons. The van der Waals surface area contributed by atoms with Crippen LogP contribution in [0.25, 0.3) is 0 Å². The minimum Gasteiger partial charge on any atom is -0.357 e. The van der Waals surface area contributed by atoms with E-state index in [1.54, 1.807) is 6.20 Å². The molecule has 1 N–H and O–H groups in total. The van der Waals surface area contributed by atoms with E-state index in [-0.39, 0.29) is 30.7 Å². The van der Waals surface area contributed by atoms with Gasteiger partial charge in [-0.1, -0.05) is 12.8 Å². The molecule has 1 unspecified atom stereocenters. The first-order chi connectivity index (χ1) is 10.8. The topological polar surface area (TPSA) is 48.5 Å². The number of amides is 1. The highest BCUT2D eigenvalue weighted by atomic mass is 35.5. The first-order valence-electron chi connectivity index (χ1n) is 8.44. The molecule has 1 amide bonds. The summed E-state index contributed by atoms with van der Waals surface area (Å²) in [6.45, 7) is 4.04. The Morgan fingerprint density at radius 2 is 1.92 bits per heavy atom. The maximum Gasteiger partial charge on any atom is 0.255 e. The molecule has 0 bridgehead atoms. The molecule has 2 aliphatic heterocycles. The maximum atomic E-state index is 12.5. The van der Waals surface area contributed by atoms with Crippen LogP contribution in [0.4, 0.5) is 5.82 Å². The molecule has 2 saturated heterocycles. The van der Waals surface area contributed by atoms with Gasteiger partial charge in [0.05, 0.1) is 5.56 Å². The molecular formula is C17H28Cl2N4O. The van der Waals surface area contributed by atoms with Crippen LogP contribution in [0.5, 0.6) is 0 Å². The van der Waals surface area contributed by atoms with Gasteiger partial charge >= 0.3 is 0 Å². The van der Waals surface area contributed by atoms with Crippen molar-refractivity contribution in [3.8, 4) is 0 Å². The number of hydrogen-bond acceptors (Lipinski definition) is 4. The van der Waals surface area contributed by atoms with Crippen molar-refractivity contribution in [1.29, 1.82) is 0 Å². The number of carbonyl (C=O) groups is 1. The number of nitrogens with one attached hydrogen (secondary N) is 1. The van der Waals surface area contributed by atoms with Crippen LogP contribution in [-0.4, -0.2) is 55.1 Å². The summed E-state index contributed by atoms with van der Waals surface area (Å²) < 4.78 is 0. The van der Waals surface area contributed by atoms with E-state index in [1.807, 2.05) is 24.1 Å². The van der Waals surface area contributed by atoms with E-state index in [0.29, 0.717) is 11.6 Å². The monoisotopic (exact) mass is 374 g/mol. The van der Waals surface area contributed by atoms with Gasteiger partial charge in [-0.25, -0.2) is 4.98 Å². The molecule has 3 rings (SSSR count). The van der Waals surface area contributed by atoms with Crippen LogP contribution < -0.4 is 10.2 Å². The summed E-state index contributed by atoms with van der Waals surface area (Å²) in [5, 5.41) is 3.30. The molecule has 0 saturated carbocycles. The van der Waals surface area contributed by atoms with Gasteiger partial charge in [0.25, 0.3) is 5.91 Å². The predicted octanol–water partition coefficient (Wildman–Crippen LogP) is 2.74. The highest BCUT2D eigenvalue weighted by Gasteiger charge is 2.24. The predicted molar refractivity (Wildman–Crippen MR) is 103 cm³/mol. The Kier molecular flexibility index (Phi) is 8.81. The van der Waals surface area contributed by atoms with E-state index in [0.717, 1.165) is 38.4 Å². The van der Waals surface area contributed by atoms with Gasteiger partial charge in [0.2, 0.25) is 0 Å². The fraction of sp³-hybridized carbons (Fsp3) is 0.647. The maximum absolute atomic E-state index is 12.5. The van der Waals surface area contributed by atoms with Crippen molar-refractivity contribution in [1.82, 2.24) is 15.2 Å². The number of halogens is 2. The second-order valence-electron chi connectivity index (χ2n) is 6.37. The summed E-state index contributed by atoms with van der Waals surface area (Å²) in [6, 6.07) is 4.23. The zero-order valence-electron chi connectivity index (χ0n) is 14.2. The second kappa shape index (κ2) is 10.1. The molecule has 1 aromatic heterocycles. The van der Waals surface area contributed by atoms with Crippen molar-refractivity contribution in [3.63, 3.8) is 0 Å². The summed E-state index contributed by atoms with van der Waals surface area (Å²) in [5.41, 5.74) is 0.688. The third-order valence-corrected chi connectivity index (χ3v) is 4.83. The van der Waals surface area contributed by atoms with Crippen molar-refractivity contribution in [2.45, 2.75) is 38.1 Å². The number of rotatable bonds is 3. The fourth-order valence-corrected chi connectivity index (χ4v) is 3.34. The minimum absolute atomic E-state index is 0. The molecular weight excluding hydrogens is 347 g/mol. The molecule has 0 aliphatic carbocycles. The lowest BCUT2D eigenvalue weighted by Crippen LogP contribution is -2.38. The fourth-order valence-electron chi connectivity index (χ4n) is 3.34. The lowest BCUT2D eigenvalue weighted by Gasteiger charge is -2.24. The Hall–Kier alpha value is -1.04. The van der Waals surface area contributed by atoms with Crippen molar-refractivity contribution in [2.24, 2.45) is 0 Å². The van der Waals surface area contributed by atoms with Crippen LogP contribution in [-0.2, 0) is 0 Å². The molecule has 5 nitrogen and oxygen atoms in total.